The minimum absolute atomic E-state index is 0.117. The molecule has 136 valence electrons. The summed E-state index contributed by atoms with van der Waals surface area (Å²) in [6, 6.07) is 12.6. The fourth-order valence-corrected chi connectivity index (χ4v) is 3.08. The normalized spacial score (nSPS) is 10.9. The molecule has 2 aromatic heterocycles. The van der Waals surface area contributed by atoms with Gasteiger partial charge in [-0.15, -0.1) is 0 Å². The first-order chi connectivity index (χ1) is 13.1. The van der Waals surface area contributed by atoms with Crippen LogP contribution in [0.1, 0.15) is 10.4 Å². The predicted octanol–water partition coefficient (Wildman–Crippen LogP) is 4.30. The van der Waals surface area contributed by atoms with Crippen molar-refractivity contribution in [2.75, 3.05) is 19.5 Å². The summed E-state index contributed by atoms with van der Waals surface area (Å²) in [5.74, 6) is 0.817. The Morgan fingerprint density at radius 3 is 2.78 bits per heavy atom. The molecular formula is C19H15ClN4O3. The number of hydrogen-bond donors (Lipinski definition) is 2. The first-order valence-electron chi connectivity index (χ1n) is 8.07. The maximum absolute atomic E-state index is 11.7. The number of rotatable bonds is 4. The monoisotopic (exact) mass is 382 g/mol. The van der Waals surface area contributed by atoms with Crippen molar-refractivity contribution >= 4 is 51.0 Å². The fraction of sp³-hybridized carbons (Fsp3) is 0.105. The van der Waals surface area contributed by atoms with Crippen molar-refractivity contribution in [1.29, 1.82) is 0 Å². The average molecular weight is 383 g/mol. The summed E-state index contributed by atoms with van der Waals surface area (Å²) < 4.78 is 10.0. The van der Waals surface area contributed by atoms with Crippen LogP contribution in [-0.2, 0) is 4.74 Å². The van der Waals surface area contributed by atoms with E-state index in [9.17, 15) is 4.79 Å². The average Bonchev–Trinajstić information content (AvgIpc) is 3.05. The fourth-order valence-electron chi connectivity index (χ4n) is 2.91. The molecule has 0 saturated carbocycles. The number of nitrogens with zero attached hydrogens (tertiary/aromatic N) is 2. The number of halogens is 1. The van der Waals surface area contributed by atoms with Crippen LogP contribution in [-0.4, -0.2) is 35.1 Å². The maximum atomic E-state index is 11.7. The van der Waals surface area contributed by atoms with Gasteiger partial charge in [0.05, 0.1) is 25.3 Å². The van der Waals surface area contributed by atoms with E-state index >= 15 is 0 Å². The third-order valence-corrected chi connectivity index (χ3v) is 4.34. The first-order valence-corrected chi connectivity index (χ1v) is 8.45. The van der Waals surface area contributed by atoms with Crippen molar-refractivity contribution in [3.05, 3.63) is 53.3 Å². The molecule has 0 amide bonds. The Kier molecular flexibility index (Phi) is 4.29. The second kappa shape index (κ2) is 6.77. The van der Waals surface area contributed by atoms with Crippen molar-refractivity contribution < 1.29 is 14.3 Å². The van der Waals surface area contributed by atoms with Crippen molar-refractivity contribution in [2.24, 2.45) is 0 Å². The molecule has 4 rings (SSSR count). The van der Waals surface area contributed by atoms with Crippen LogP contribution in [0, 0.1) is 0 Å². The van der Waals surface area contributed by atoms with Gasteiger partial charge in [0.15, 0.2) is 5.82 Å². The molecule has 0 aliphatic rings. The lowest BCUT2D eigenvalue weighted by molar-refractivity contribution is 0.0601. The molecule has 0 saturated heterocycles. The highest BCUT2D eigenvalue weighted by Gasteiger charge is 2.14. The number of hydrogen-bond acceptors (Lipinski definition) is 6. The van der Waals surface area contributed by atoms with E-state index in [1.807, 2.05) is 24.3 Å². The molecule has 0 fully saturated rings. The van der Waals surface area contributed by atoms with Crippen molar-refractivity contribution in [3.63, 3.8) is 0 Å². The Bertz CT molecular complexity index is 1170. The molecule has 7 nitrogen and oxygen atoms in total. The Balaban J connectivity index is 1.83. The molecule has 0 aliphatic heterocycles. The summed E-state index contributed by atoms with van der Waals surface area (Å²) in [5, 5.41) is 4.21. The van der Waals surface area contributed by atoms with E-state index in [2.05, 4.69) is 20.3 Å². The molecule has 0 atom stereocenters. The van der Waals surface area contributed by atoms with Crippen molar-refractivity contribution in [2.45, 2.75) is 0 Å². The van der Waals surface area contributed by atoms with Crippen LogP contribution in [0.15, 0.2) is 42.5 Å². The molecule has 2 heterocycles. The van der Waals surface area contributed by atoms with Gasteiger partial charge in [0.25, 0.3) is 0 Å². The first kappa shape index (κ1) is 17.1. The van der Waals surface area contributed by atoms with Crippen LogP contribution < -0.4 is 10.1 Å². The summed E-state index contributed by atoms with van der Waals surface area (Å²) in [6.45, 7) is 0. The zero-order valence-electron chi connectivity index (χ0n) is 14.5. The number of aromatic amines is 1. The van der Waals surface area contributed by atoms with Crippen LogP contribution >= 0.6 is 11.6 Å². The molecular weight excluding hydrogens is 368 g/mol. The number of methoxy groups -OCH3 is 2. The highest BCUT2D eigenvalue weighted by atomic mass is 35.5. The van der Waals surface area contributed by atoms with E-state index in [1.54, 1.807) is 25.3 Å². The summed E-state index contributed by atoms with van der Waals surface area (Å²) in [6.07, 6.45) is 0. The number of anilines is 2. The second-order valence-electron chi connectivity index (χ2n) is 5.80. The van der Waals surface area contributed by atoms with Gasteiger partial charge in [-0.2, -0.15) is 4.98 Å². The van der Waals surface area contributed by atoms with Crippen LogP contribution in [0.5, 0.6) is 5.75 Å². The number of benzene rings is 2. The standard InChI is InChI=1S/C19H15ClN4O3/c1-26-12-6-7-13-14(9-12)22-16-15(13)23-19(20)24-17(16)21-11-5-3-4-10(8-11)18(25)27-2/h3-9,22H,1-2H3,(H,21,23,24). The smallest absolute Gasteiger partial charge is 0.337 e. The Morgan fingerprint density at radius 2 is 2.00 bits per heavy atom. The van der Waals surface area contributed by atoms with E-state index < -0.39 is 5.97 Å². The third kappa shape index (κ3) is 3.13. The molecule has 0 aliphatic carbocycles. The van der Waals surface area contributed by atoms with Crippen LogP contribution in [0.25, 0.3) is 21.9 Å². The van der Waals surface area contributed by atoms with E-state index in [-0.39, 0.29) is 5.28 Å². The van der Waals surface area contributed by atoms with E-state index in [0.29, 0.717) is 28.1 Å². The van der Waals surface area contributed by atoms with Crippen LogP contribution in [0.4, 0.5) is 11.5 Å². The van der Waals surface area contributed by atoms with Gasteiger partial charge in [-0.25, -0.2) is 9.78 Å². The number of esters is 1. The number of nitrogens with one attached hydrogen (secondary N) is 2. The summed E-state index contributed by atoms with van der Waals surface area (Å²) in [7, 11) is 2.96. The van der Waals surface area contributed by atoms with Gasteiger partial charge < -0.3 is 19.8 Å². The minimum Gasteiger partial charge on any atom is -0.497 e. The van der Waals surface area contributed by atoms with Crippen LogP contribution in [0.3, 0.4) is 0 Å². The Hall–Kier alpha value is -3.32. The SMILES string of the molecule is COC(=O)c1cccc(Nc2nc(Cl)nc3c2[nH]c2cc(OC)ccc23)c1. The largest absolute Gasteiger partial charge is 0.497 e. The van der Waals surface area contributed by atoms with Gasteiger partial charge in [-0.1, -0.05) is 6.07 Å². The molecule has 0 unspecified atom stereocenters. The number of ether oxygens (including phenoxy) is 2. The topological polar surface area (TPSA) is 89.1 Å². The van der Waals surface area contributed by atoms with Crippen molar-refractivity contribution in [3.8, 4) is 5.75 Å². The maximum Gasteiger partial charge on any atom is 0.337 e. The molecule has 0 bridgehead atoms. The molecule has 8 heteroatoms. The van der Waals surface area contributed by atoms with E-state index in [4.69, 9.17) is 21.1 Å². The number of fused-ring (bicyclic) bond motifs is 3. The molecule has 4 aromatic rings. The van der Waals surface area contributed by atoms with Gasteiger partial charge in [-0.05, 0) is 41.9 Å². The number of H-pyrrole nitrogens is 1. The highest BCUT2D eigenvalue weighted by Crippen LogP contribution is 2.32. The number of carbonyl (C=O) groups is 1. The Labute approximate surface area is 159 Å². The lowest BCUT2D eigenvalue weighted by Crippen LogP contribution is -2.02. The summed E-state index contributed by atoms with van der Waals surface area (Å²) in [4.78, 5) is 23.7. The van der Waals surface area contributed by atoms with Crippen molar-refractivity contribution in [1.82, 2.24) is 15.0 Å². The Morgan fingerprint density at radius 1 is 1.15 bits per heavy atom. The summed E-state index contributed by atoms with van der Waals surface area (Å²) in [5.41, 5.74) is 3.35. The van der Waals surface area contributed by atoms with Crippen LogP contribution in [0.2, 0.25) is 5.28 Å². The van der Waals surface area contributed by atoms with E-state index in [1.165, 1.54) is 7.11 Å². The zero-order valence-corrected chi connectivity index (χ0v) is 15.3. The van der Waals surface area contributed by atoms with Gasteiger partial charge in [-0.3, -0.25) is 0 Å². The quantitative estimate of drug-likeness (QED) is 0.404. The molecule has 0 spiro atoms. The molecule has 2 aromatic carbocycles. The van der Waals surface area contributed by atoms with Gasteiger partial charge in [0.2, 0.25) is 5.28 Å². The van der Waals surface area contributed by atoms with Gasteiger partial charge in [0, 0.05) is 17.1 Å². The van der Waals surface area contributed by atoms with E-state index in [0.717, 1.165) is 16.7 Å². The minimum atomic E-state index is -0.415. The number of aromatic nitrogens is 3. The molecule has 2 N–H and O–H groups in total. The van der Waals surface area contributed by atoms with Gasteiger partial charge >= 0.3 is 5.97 Å². The third-order valence-electron chi connectivity index (χ3n) is 4.17. The lowest BCUT2D eigenvalue weighted by atomic mass is 10.2. The number of carbonyl (C=O) groups excluding carboxylic acids is 1. The second-order valence-corrected chi connectivity index (χ2v) is 6.14. The lowest BCUT2D eigenvalue weighted by Gasteiger charge is -2.08. The zero-order chi connectivity index (χ0) is 19.0. The highest BCUT2D eigenvalue weighted by molar-refractivity contribution is 6.29. The predicted molar refractivity (Wildman–Crippen MR) is 104 cm³/mol. The molecule has 27 heavy (non-hydrogen) atoms. The van der Waals surface area contributed by atoms with Gasteiger partial charge in [0.1, 0.15) is 16.8 Å². The molecule has 0 radical (unpaired) electrons. The summed E-state index contributed by atoms with van der Waals surface area (Å²) >= 11 is 6.14.